The molecule has 112 valence electrons. The van der Waals surface area contributed by atoms with E-state index in [1.165, 1.54) is 0 Å². The van der Waals surface area contributed by atoms with Crippen LogP contribution in [-0.2, 0) is 10.5 Å². The molecule has 1 aliphatic rings. The van der Waals surface area contributed by atoms with Gasteiger partial charge in [0, 0.05) is 25.5 Å². The van der Waals surface area contributed by atoms with Crippen LogP contribution in [0.15, 0.2) is 29.0 Å². The number of rotatable bonds is 5. The molecule has 7 heteroatoms. The van der Waals surface area contributed by atoms with Crippen LogP contribution in [0.25, 0.3) is 0 Å². The molecule has 0 N–H and O–H groups in total. The van der Waals surface area contributed by atoms with E-state index in [0.29, 0.717) is 5.89 Å². The van der Waals surface area contributed by atoms with E-state index in [0.717, 1.165) is 43.4 Å². The van der Waals surface area contributed by atoms with Crippen molar-refractivity contribution in [3.63, 3.8) is 0 Å². The van der Waals surface area contributed by atoms with E-state index in [1.54, 1.807) is 18.0 Å². The summed E-state index contributed by atoms with van der Waals surface area (Å²) in [7, 11) is 0. The van der Waals surface area contributed by atoms with E-state index in [9.17, 15) is 0 Å². The first-order valence-corrected chi connectivity index (χ1v) is 8.31. The topological polar surface area (TPSA) is 64.3 Å². The molecule has 1 unspecified atom stereocenters. The highest BCUT2D eigenvalue weighted by Gasteiger charge is 2.29. The van der Waals surface area contributed by atoms with Crippen molar-refractivity contribution in [1.82, 2.24) is 20.0 Å². The molecule has 1 atom stereocenters. The zero-order valence-electron chi connectivity index (χ0n) is 11.9. The first kappa shape index (κ1) is 14.5. The quantitative estimate of drug-likeness (QED) is 0.833. The summed E-state index contributed by atoms with van der Waals surface area (Å²) in [5, 5.41) is 4.06. The molecule has 2 aromatic rings. The standard InChI is InChI=1S/C14H18N4O2S/c1-21-10-12-16-14(20-17-12)13(11-3-2-4-15-9-11)18-5-7-19-8-6-18/h2-4,9,13H,5-8,10H2,1H3. The average molecular weight is 306 g/mol. The van der Waals surface area contributed by atoms with Crippen molar-refractivity contribution >= 4 is 11.8 Å². The van der Waals surface area contributed by atoms with Crippen molar-refractivity contribution < 1.29 is 9.26 Å². The van der Waals surface area contributed by atoms with Gasteiger partial charge in [-0.2, -0.15) is 16.7 Å². The van der Waals surface area contributed by atoms with E-state index in [1.807, 2.05) is 24.6 Å². The van der Waals surface area contributed by atoms with Crippen LogP contribution in [0.3, 0.4) is 0 Å². The molecule has 0 radical (unpaired) electrons. The summed E-state index contributed by atoms with van der Waals surface area (Å²) in [6, 6.07) is 3.93. The van der Waals surface area contributed by atoms with Crippen molar-refractivity contribution in [1.29, 1.82) is 0 Å². The fourth-order valence-corrected chi connectivity index (χ4v) is 2.82. The lowest BCUT2D eigenvalue weighted by atomic mass is 10.1. The van der Waals surface area contributed by atoms with Crippen LogP contribution in [0, 0.1) is 0 Å². The van der Waals surface area contributed by atoms with Gasteiger partial charge in [0.25, 0.3) is 0 Å². The molecule has 1 saturated heterocycles. The number of pyridine rings is 1. The minimum atomic E-state index is -0.0503. The lowest BCUT2D eigenvalue weighted by Gasteiger charge is -2.32. The Labute approximate surface area is 127 Å². The van der Waals surface area contributed by atoms with E-state index >= 15 is 0 Å². The van der Waals surface area contributed by atoms with Crippen molar-refractivity contribution in [2.24, 2.45) is 0 Å². The first-order chi connectivity index (χ1) is 10.4. The zero-order chi connectivity index (χ0) is 14.5. The molecule has 0 aromatic carbocycles. The van der Waals surface area contributed by atoms with Crippen LogP contribution >= 0.6 is 11.8 Å². The minimum absolute atomic E-state index is 0.0503. The second-order valence-corrected chi connectivity index (χ2v) is 5.69. The number of ether oxygens (including phenoxy) is 1. The van der Waals surface area contributed by atoms with Crippen LogP contribution in [0.1, 0.15) is 23.3 Å². The molecular formula is C14H18N4O2S. The Kier molecular flexibility index (Phi) is 4.84. The summed E-state index contributed by atoms with van der Waals surface area (Å²) >= 11 is 1.68. The lowest BCUT2D eigenvalue weighted by molar-refractivity contribution is 0.0180. The fourth-order valence-electron chi connectivity index (χ4n) is 2.45. The van der Waals surface area contributed by atoms with Crippen molar-refractivity contribution in [2.75, 3.05) is 32.6 Å². The fraction of sp³-hybridized carbons (Fsp3) is 0.500. The lowest BCUT2D eigenvalue weighted by Crippen LogP contribution is -2.39. The monoisotopic (exact) mass is 306 g/mol. The number of nitrogens with zero attached hydrogens (tertiary/aromatic N) is 4. The Morgan fingerprint density at radius 3 is 2.95 bits per heavy atom. The molecular weight excluding hydrogens is 288 g/mol. The molecule has 0 amide bonds. The van der Waals surface area contributed by atoms with Crippen molar-refractivity contribution in [3.8, 4) is 0 Å². The number of hydrogen-bond donors (Lipinski definition) is 0. The SMILES string of the molecule is CSCc1noc(C(c2cccnc2)N2CCOCC2)n1. The normalized spacial score (nSPS) is 17.8. The van der Waals surface area contributed by atoms with Crippen molar-refractivity contribution in [2.45, 2.75) is 11.8 Å². The molecule has 0 saturated carbocycles. The summed E-state index contributed by atoms with van der Waals surface area (Å²) < 4.78 is 10.9. The predicted molar refractivity (Wildman–Crippen MR) is 80.0 cm³/mol. The van der Waals surface area contributed by atoms with Gasteiger partial charge in [-0.25, -0.2) is 0 Å². The van der Waals surface area contributed by atoms with E-state index in [4.69, 9.17) is 9.26 Å². The van der Waals surface area contributed by atoms with Crippen LogP contribution in [0.5, 0.6) is 0 Å². The Hall–Kier alpha value is -1.44. The average Bonchev–Trinajstić information content (AvgIpc) is 2.98. The maximum absolute atomic E-state index is 5.50. The van der Waals surface area contributed by atoms with Gasteiger partial charge in [-0.1, -0.05) is 11.2 Å². The summed E-state index contributed by atoms with van der Waals surface area (Å²) in [4.78, 5) is 11.1. The van der Waals surface area contributed by atoms with E-state index in [-0.39, 0.29) is 6.04 Å². The first-order valence-electron chi connectivity index (χ1n) is 6.91. The van der Waals surface area contributed by atoms with Gasteiger partial charge in [-0.05, 0) is 17.9 Å². The predicted octanol–water partition coefficient (Wildman–Crippen LogP) is 1.75. The van der Waals surface area contributed by atoms with Gasteiger partial charge in [0.05, 0.1) is 19.0 Å². The summed E-state index contributed by atoms with van der Waals surface area (Å²) in [6.45, 7) is 3.14. The van der Waals surface area contributed by atoms with Crippen LogP contribution in [-0.4, -0.2) is 52.6 Å². The van der Waals surface area contributed by atoms with Gasteiger partial charge in [0.2, 0.25) is 5.89 Å². The third-order valence-electron chi connectivity index (χ3n) is 3.40. The number of morpholine rings is 1. The van der Waals surface area contributed by atoms with Gasteiger partial charge in [-0.15, -0.1) is 0 Å². The molecule has 1 aliphatic heterocycles. The molecule has 0 aliphatic carbocycles. The molecule has 2 aromatic heterocycles. The van der Waals surface area contributed by atoms with Crippen LogP contribution in [0.4, 0.5) is 0 Å². The maximum Gasteiger partial charge on any atom is 0.248 e. The second-order valence-electron chi connectivity index (χ2n) is 4.82. The smallest absolute Gasteiger partial charge is 0.248 e. The Morgan fingerprint density at radius 2 is 2.24 bits per heavy atom. The zero-order valence-corrected chi connectivity index (χ0v) is 12.8. The van der Waals surface area contributed by atoms with Gasteiger partial charge in [0.15, 0.2) is 5.82 Å². The molecule has 0 spiro atoms. The van der Waals surface area contributed by atoms with Gasteiger partial charge < -0.3 is 9.26 Å². The molecule has 6 nitrogen and oxygen atoms in total. The number of hydrogen-bond acceptors (Lipinski definition) is 7. The van der Waals surface area contributed by atoms with E-state index in [2.05, 4.69) is 20.0 Å². The summed E-state index contributed by atoms with van der Waals surface area (Å²) in [5.74, 6) is 2.13. The largest absolute Gasteiger partial charge is 0.379 e. The molecule has 0 bridgehead atoms. The molecule has 21 heavy (non-hydrogen) atoms. The highest BCUT2D eigenvalue weighted by Crippen LogP contribution is 2.28. The number of aromatic nitrogens is 3. The van der Waals surface area contributed by atoms with Crippen molar-refractivity contribution in [3.05, 3.63) is 41.8 Å². The van der Waals surface area contributed by atoms with Crippen LogP contribution < -0.4 is 0 Å². The van der Waals surface area contributed by atoms with E-state index < -0.39 is 0 Å². The molecule has 1 fully saturated rings. The summed E-state index contributed by atoms with van der Waals surface area (Å²) in [6.07, 6.45) is 5.65. The van der Waals surface area contributed by atoms with Crippen LogP contribution in [0.2, 0.25) is 0 Å². The second kappa shape index (κ2) is 7.02. The minimum Gasteiger partial charge on any atom is -0.379 e. The van der Waals surface area contributed by atoms with Gasteiger partial charge in [0.1, 0.15) is 6.04 Å². The number of thioether (sulfide) groups is 1. The molecule has 3 heterocycles. The third kappa shape index (κ3) is 3.42. The van der Waals surface area contributed by atoms with Gasteiger partial charge in [-0.3, -0.25) is 9.88 Å². The third-order valence-corrected chi connectivity index (χ3v) is 3.95. The molecule has 3 rings (SSSR count). The summed E-state index contributed by atoms with van der Waals surface area (Å²) in [5.41, 5.74) is 1.07. The maximum atomic E-state index is 5.50. The highest BCUT2D eigenvalue weighted by molar-refractivity contribution is 7.97. The Balaban J connectivity index is 1.90. The Bertz CT molecular complexity index is 557. The van der Waals surface area contributed by atoms with Gasteiger partial charge >= 0.3 is 0 Å². The highest BCUT2D eigenvalue weighted by atomic mass is 32.2. The Morgan fingerprint density at radius 1 is 1.38 bits per heavy atom.